The van der Waals surface area contributed by atoms with Crippen molar-refractivity contribution < 1.29 is 9.18 Å². The van der Waals surface area contributed by atoms with Gasteiger partial charge in [-0.15, -0.1) is 0 Å². The van der Waals surface area contributed by atoms with E-state index in [4.69, 9.17) is 0 Å². The zero-order valence-electron chi connectivity index (χ0n) is 11.0. The van der Waals surface area contributed by atoms with Gasteiger partial charge in [0.15, 0.2) is 0 Å². The van der Waals surface area contributed by atoms with Gasteiger partial charge in [0.2, 0.25) is 5.91 Å². The van der Waals surface area contributed by atoms with Gasteiger partial charge in [-0.1, -0.05) is 15.9 Å². The molecule has 1 aromatic carbocycles. The number of nitrogens with one attached hydrogen (secondary N) is 1. The van der Waals surface area contributed by atoms with E-state index in [1.165, 1.54) is 6.07 Å². The van der Waals surface area contributed by atoms with Crippen molar-refractivity contribution in [1.82, 2.24) is 10.2 Å². The van der Waals surface area contributed by atoms with Crippen LogP contribution in [0, 0.1) is 11.7 Å². The van der Waals surface area contributed by atoms with Crippen molar-refractivity contribution >= 4 is 21.8 Å². The van der Waals surface area contributed by atoms with Crippen LogP contribution in [0.15, 0.2) is 22.7 Å². The number of nitrogens with zero attached hydrogens (tertiary/aromatic N) is 1. The van der Waals surface area contributed by atoms with Gasteiger partial charge in [0.1, 0.15) is 5.82 Å². The summed E-state index contributed by atoms with van der Waals surface area (Å²) in [6.07, 6.45) is 1.59. The molecule has 104 valence electrons. The molecule has 0 radical (unpaired) electrons. The van der Waals surface area contributed by atoms with Crippen molar-refractivity contribution in [3.8, 4) is 0 Å². The molecule has 2 rings (SSSR count). The van der Waals surface area contributed by atoms with Crippen molar-refractivity contribution in [2.75, 3.05) is 20.1 Å². The predicted octanol–water partition coefficient (Wildman–Crippen LogP) is 2.55. The first-order valence-electron chi connectivity index (χ1n) is 6.45. The molecule has 1 aliphatic rings. The van der Waals surface area contributed by atoms with Crippen molar-refractivity contribution in [3.63, 3.8) is 0 Å². The fraction of sp³-hybridized carbons (Fsp3) is 0.500. The Morgan fingerprint density at radius 3 is 3.05 bits per heavy atom. The van der Waals surface area contributed by atoms with E-state index < -0.39 is 0 Å². The number of hydrogen-bond acceptors (Lipinski definition) is 2. The van der Waals surface area contributed by atoms with Crippen molar-refractivity contribution in [3.05, 3.63) is 34.1 Å². The molecule has 0 aliphatic carbocycles. The molecule has 0 saturated carbocycles. The summed E-state index contributed by atoms with van der Waals surface area (Å²) in [7, 11) is 1.73. The molecule has 1 N–H and O–H groups in total. The van der Waals surface area contributed by atoms with E-state index in [1.807, 2.05) is 0 Å². The lowest BCUT2D eigenvalue weighted by Crippen LogP contribution is -2.28. The average Bonchev–Trinajstić information content (AvgIpc) is 2.86. The highest BCUT2D eigenvalue weighted by Gasteiger charge is 2.20. The normalized spacial score (nSPS) is 18.6. The maximum Gasteiger partial charge on any atom is 0.222 e. The maximum absolute atomic E-state index is 13.6. The lowest BCUT2D eigenvalue weighted by Gasteiger charge is -2.19. The molecular formula is C14H18BrFN2O. The molecule has 5 heteroatoms. The lowest BCUT2D eigenvalue weighted by atomic mass is 10.0. The number of carbonyl (C=O) groups excluding carboxylic acids is 1. The van der Waals surface area contributed by atoms with Crippen LogP contribution in [0.2, 0.25) is 0 Å². The highest BCUT2D eigenvalue weighted by atomic mass is 79.9. The quantitative estimate of drug-likeness (QED) is 0.921. The zero-order valence-corrected chi connectivity index (χ0v) is 12.5. The van der Waals surface area contributed by atoms with Crippen molar-refractivity contribution in [2.45, 2.75) is 19.4 Å². The number of benzene rings is 1. The maximum atomic E-state index is 13.6. The van der Waals surface area contributed by atoms with Crippen molar-refractivity contribution in [1.29, 1.82) is 0 Å². The van der Waals surface area contributed by atoms with Gasteiger partial charge in [0.05, 0.1) is 0 Å². The summed E-state index contributed by atoms with van der Waals surface area (Å²) in [6.45, 7) is 2.21. The van der Waals surface area contributed by atoms with Crippen LogP contribution in [0.25, 0.3) is 0 Å². The van der Waals surface area contributed by atoms with Gasteiger partial charge < -0.3 is 10.2 Å². The smallest absolute Gasteiger partial charge is 0.222 e. The van der Waals surface area contributed by atoms with Crippen LogP contribution in [0.5, 0.6) is 0 Å². The van der Waals surface area contributed by atoms with E-state index in [0.717, 1.165) is 24.0 Å². The molecule has 0 aromatic heterocycles. The fourth-order valence-electron chi connectivity index (χ4n) is 2.30. The van der Waals surface area contributed by atoms with Gasteiger partial charge in [-0.2, -0.15) is 0 Å². The summed E-state index contributed by atoms with van der Waals surface area (Å²) in [5.41, 5.74) is 0.537. The Balaban J connectivity index is 1.93. The van der Waals surface area contributed by atoms with Crippen LogP contribution in [0.3, 0.4) is 0 Å². The molecule has 1 heterocycles. The standard InChI is InChI=1S/C14H18BrFN2O/c1-18(14(19)6-10-4-5-17-8-10)9-11-7-12(15)2-3-13(11)16/h2-3,7,10,17H,4-6,8-9H2,1H3. The Labute approximate surface area is 121 Å². The number of carbonyl (C=O) groups is 1. The van der Waals surface area contributed by atoms with E-state index in [1.54, 1.807) is 24.1 Å². The Morgan fingerprint density at radius 2 is 2.37 bits per heavy atom. The van der Waals surface area contributed by atoms with Gasteiger partial charge >= 0.3 is 0 Å². The molecule has 1 fully saturated rings. The van der Waals surface area contributed by atoms with E-state index >= 15 is 0 Å². The van der Waals surface area contributed by atoms with Gasteiger partial charge in [0, 0.05) is 30.0 Å². The molecule has 0 bridgehead atoms. The van der Waals surface area contributed by atoms with Gasteiger partial charge in [-0.3, -0.25) is 4.79 Å². The topological polar surface area (TPSA) is 32.3 Å². The third-order valence-corrected chi connectivity index (χ3v) is 3.96. The number of amides is 1. The van der Waals surface area contributed by atoms with E-state index in [0.29, 0.717) is 24.4 Å². The second-order valence-corrected chi connectivity index (χ2v) is 5.96. The van der Waals surface area contributed by atoms with Crippen LogP contribution >= 0.6 is 15.9 Å². The van der Waals surface area contributed by atoms with Crippen LogP contribution in [0.1, 0.15) is 18.4 Å². The number of rotatable bonds is 4. The zero-order chi connectivity index (χ0) is 13.8. The first kappa shape index (κ1) is 14.5. The predicted molar refractivity (Wildman–Crippen MR) is 76.2 cm³/mol. The van der Waals surface area contributed by atoms with Gasteiger partial charge in [-0.05, 0) is 43.6 Å². The molecular weight excluding hydrogens is 311 g/mol. The second kappa shape index (κ2) is 6.48. The highest BCUT2D eigenvalue weighted by Crippen LogP contribution is 2.18. The summed E-state index contributed by atoms with van der Waals surface area (Å²) in [5, 5.41) is 3.25. The average molecular weight is 329 g/mol. The summed E-state index contributed by atoms with van der Waals surface area (Å²) in [4.78, 5) is 13.7. The van der Waals surface area contributed by atoms with Crippen LogP contribution < -0.4 is 5.32 Å². The van der Waals surface area contributed by atoms with Crippen LogP contribution in [-0.4, -0.2) is 30.9 Å². The SMILES string of the molecule is CN(Cc1cc(Br)ccc1F)C(=O)CC1CCNC1. The number of halogens is 2. The third kappa shape index (κ3) is 4.01. The molecule has 1 amide bonds. The third-order valence-electron chi connectivity index (χ3n) is 3.47. The van der Waals surface area contributed by atoms with Crippen LogP contribution in [0.4, 0.5) is 4.39 Å². The summed E-state index contributed by atoms with van der Waals surface area (Å²) in [5.74, 6) is 0.223. The second-order valence-electron chi connectivity index (χ2n) is 5.05. The Hall–Kier alpha value is -0.940. The van der Waals surface area contributed by atoms with Crippen molar-refractivity contribution in [2.24, 2.45) is 5.92 Å². The molecule has 1 saturated heterocycles. The minimum atomic E-state index is -0.273. The lowest BCUT2D eigenvalue weighted by molar-refractivity contribution is -0.131. The summed E-state index contributed by atoms with van der Waals surface area (Å²) < 4.78 is 14.5. The minimum Gasteiger partial charge on any atom is -0.341 e. The first-order chi connectivity index (χ1) is 9.06. The molecule has 1 aliphatic heterocycles. The molecule has 19 heavy (non-hydrogen) atoms. The van der Waals surface area contributed by atoms with E-state index in [2.05, 4.69) is 21.2 Å². The highest BCUT2D eigenvalue weighted by molar-refractivity contribution is 9.10. The van der Waals surface area contributed by atoms with E-state index in [-0.39, 0.29) is 11.7 Å². The Morgan fingerprint density at radius 1 is 1.58 bits per heavy atom. The number of hydrogen-bond donors (Lipinski definition) is 1. The monoisotopic (exact) mass is 328 g/mol. The summed E-state index contributed by atoms with van der Waals surface area (Å²) >= 11 is 3.32. The van der Waals surface area contributed by atoms with E-state index in [9.17, 15) is 9.18 Å². The molecule has 1 atom stereocenters. The van der Waals surface area contributed by atoms with Gasteiger partial charge in [0.25, 0.3) is 0 Å². The van der Waals surface area contributed by atoms with Gasteiger partial charge in [-0.25, -0.2) is 4.39 Å². The first-order valence-corrected chi connectivity index (χ1v) is 7.24. The largest absolute Gasteiger partial charge is 0.341 e. The van der Waals surface area contributed by atoms with Crippen LogP contribution in [-0.2, 0) is 11.3 Å². The molecule has 1 unspecified atom stereocenters. The molecule has 3 nitrogen and oxygen atoms in total. The fourth-order valence-corrected chi connectivity index (χ4v) is 2.71. The Bertz CT molecular complexity index is 461. The molecule has 1 aromatic rings. The molecule has 0 spiro atoms. The minimum absolute atomic E-state index is 0.0769. The Kier molecular flexibility index (Phi) is 4.93. The summed E-state index contributed by atoms with van der Waals surface area (Å²) in [6, 6.07) is 4.79.